The minimum absolute atomic E-state index is 0.217. The molecule has 0 saturated heterocycles. The molecule has 0 saturated carbocycles. The topological polar surface area (TPSA) is 80.4 Å². The number of hydrogen-bond donors (Lipinski definition) is 2. The molecule has 0 heterocycles. The summed E-state index contributed by atoms with van der Waals surface area (Å²) in [5.41, 5.74) is 6.86. The third kappa shape index (κ3) is 3.73. The second-order valence-corrected chi connectivity index (χ2v) is 3.90. The van der Waals surface area contributed by atoms with Gasteiger partial charge >= 0.3 is 5.97 Å². The summed E-state index contributed by atoms with van der Waals surface area (Å²) >= 11 is 0. The lowest BCUT2D eigenvalue weighted by Crippen LogP contribution is -2.14. The lowest BCUT2D eigenvalue weighted by molar-refractivity contribution is -0.141. The van der Waals surface area contributed by atoms with Crippen molar-refractivity contribution >= 4 is 11.9 Å². The van der Waals surface area contributed by atoms with E-state index >= 15 is 0 Å². The first kappa shape index (κ1) is 12.2. The molecular weight excluding hydrogens is 206 g/mol. The predicted molar refractivity (Wildman–Crippen MR) is 59.8 cm³/mol. The zero-order valence-electron chi connectivity index (χ0n) is 9.14. The van der Waals surface area contributed by atoms with Gasteiger partial charge in [0.15, 0.2) is 0 Å². The van der Waals surface area contributed by atoms with Crippen LogP contribution in [0.15, 0.2) is 24.3 Å². The minimum atomic E-state index is -0.804. The smallest absolute Gasteiger partial charge is 0.306 e. The number of carboxylic acid groups (broad SMARTS) is 1. The van der Waals surface area contributed by atoms with Gasteiger partial charge in [-0.1, -0.05) is 31.2 Å². The van der Waals surface area contributed by atoms with Gasteiger partial charge < -0.3 is 10.8 Å². The van der Waals surface area contributed by atoms with E-state index < -0.39 is 11.9 Å². The molecule has 0 aliphatic heterocycles. The van der Waals surface area contributed by atoms with Crippen LogP contribution in [0.25, 0.3) is 0 Å². The van der Waals surface area contributed by atoms with Gasteiger partial charge in [-0.2, -0.15) is 0 Å². The van der Waals surface area contributed by atoms with Gasteiger partial charge in [-0.25, -0.2) is 0 Å². The maximum Gasteiger partial charge on any atom is 0.306 e. The van der Waals surface area contributed by atoms with Crippen LogP contribution >= 0.6 is 0 Å². The van der Waals surface area contributed by atoms with Crippen molar-refractivity contribution in [1.82, 2.24) is 0 Å². The average molecular weight is 221 g/mol. The van der Waals surface area contributed by atoms with Gasteiger partial charge in [0.1, 0.15) is 0 Å². The van der Waals surface area contributed by atoms with Crippen molar-refractivity contribution in [3.8, 4) is 0 Å². The molecule has 0 spiro atoms. The van der Waals surface area contributed by atoms with Crippen LogP contribution in [0.1, 0.15) is 18.1 Å². The number of aliphatic carboxylic acids is 1. The van der Waals surface area contributed by atoms with Crippen molar-refractivity contribution < 1.29 is 14.7 Å². The summed E-state index contributed by atoms with van der Waals surface area (Å²) in [5, 5.41) is 8.76. The summed E-state index contributed by atoms with van der Waals surface area (Å²) < 4.78 is 0. The third-order valence-corrected chi connectivity index (χ3v) is 2.36. The number of benzene rings is 1. The van der Waals surface area contributed by atoms with Crippen LogP contribution in [0.4, 0.5) is 0 Å². The molecule has 1 aromatic carbocycles. The zero-order chi connectivity index (χ0) is 12.1. The van der Waals surface area contributed by atoms with Crippen LogP contribution in [0.3, 0.4) is 0 Å². The van der Waals surface area contributed by atoms with E-state index in [1.807, 2.05) is 12.1 Å². The van der Waals surface area contributed by atoms with E-state index in [4.69, 9.17) is 10.8 Å². The highest BCUT2D eigenvalue weighted by atomic mass is 16.4. The lowest BCUT2D eigenvalue weighted by atomic mass is 10.00. The van der Waals surface area contributed by atoms with E-state index in [-0.39, 0.29) is 12.3 Å². The summed E-state index contributed by atoms with van der Waals surface area (Å²) in [6.07, 6.45) is 0.709. The first-order valence-corrected chi connectivity index (χ1v) is 5.08. The normalized spacial score (nSPS) is 12.1. The molecule has 0 bridgehead atoms. The molecule has 86 valence electrons. The number of nitrogens with two attached hydrogens (primary N) is 1. The zero-order valence-corrected chi connectivity index (χ0v) is 9.14. The van der Waals surface area contributed by atoms with E-state index in [0.717, 1.165) is 11.1 Å². The molecule has 0 aliphatic rings. The number of rotatable bonds is 5. The summed E-state index contributed by atoms with van der Waals surface area (Å²) in [6, 6.07) is 7.26. The summed E-state index contributed by atoms with van der Waals surface area (Å²) in [6.45, 7) is 1.67. The van der Waals surface area contributed by atoms with Crippen LogP contribution in [-0.4, -0.2) is 17.0 Å². The molecule has 0 aliphatic carbocycles. The highest BCUT2D eigenvalue weighted by molar-refractivity contribution is 5.76. The Kier molecular flexibility index (Phi) is 4.05. The van der Waals surface area contributed by atoms with Gasteiger partial charge in [-0.3, -0.25) is 9.59 Å². The monoisotopic (exact) mass is 221 g/mol. The van der Waals surface area contributed by atoms with Gasteiger partial charge in [-0.05, 0) is 17.5 Å². The molecule has 1 amide bonds. The number of amides is 1. The lowest BCUT2D eigenvalue weighted by Gasteiger charge is -2.06. The van der Waals surface area contributed by atoms with Crippen molar-refractivity contribution in [2.24, 2.45) is 11.7 Å². The Morgan fingerprint density at radius 3 is 2.19 bits per heavy atom. The van der Waals surface area contributed by atoms with Crippen molar-refractivity contribution in [3.63, 3.8) is 0 Å². The molecule has 0 radical (unpaired) electrons. The number of hydrogen-bond acceptors (Lipinski definition) is 2. The van der Waals surface area contributed by atoms with E-state index in [9.17, 15) is 9.59 Å². The first-order valence-electron chi connectivity index (χ1n) is 5.08. The fraction of sp³-hybridized carbons (Fsp3) is 0.333. The van der Waals surface area contributed by atoms with Crippen molar-refractivity contribution in [2.75, 3.05) is 0 Å². The molecule has 0 aromatic heterocycles. The molecule has 1 aromatic rings. The Balaban J connectivity index is 2.64. The molecule has 4 nitrogen and oxygen atoms in total. The van der Waals surface area contributed by atoms with Crippen LogP contribution < -0.4 is 5.73 Å². The first-order chi connectivity index (χ1) is 7.49. The number of carbonyl (C=O) groups is 2. The van der Waals surface area contributed by atoms with E-state index in [2.05, 4.69) is 0 Å². The molecular formula is C12H15NO3. The molecule has 4 heteroatoms. The fourth-order valence-corrected chi connectivity index (χ4v) is 1.44. The van der Waals surface area contributed by atoms with Crippen LogP contribution in [-0.2, 0) is 22.4 Å². The van der Waals surface area contributed by atoms with Crippen molar-refractivity contribution in [1.29, 1.82) is 0 Å². The molecule has 16 heavy (non-hydrogen) atoms. The van der Waals surface area contributed by atoms with Gasteiger partial charge in [0.2, 0.25) is 5.91 Å². The maximum atomic E-state index is 10.7. The fourth-order valence-electron chi connectivity index (χ4n) is 1.44. The average Bonchev–Trinajstić information content (AvgIpc) is 2.20. The Morgan fingerprint density at radius 2 is 1.75 bits per heavy atom. The summed E-state index contributed by atoms with van der Waals surface area (Å²) in [5.74, 6) is -1.57. The minimum Gasteiger partial charge on any atom is -0.481 e. The largest absolute Gasteiger partial charge is 0.481 e. The second kappa shape index (κ2) is 5.30. The number of carbonyl (C=O) groups excluding carboxylic acids is 1. The van der Waals surface area contributed by atoms with Crippen LogP contribution in [0, 0.1) is 5.92 Å². The van der Waals surface area contributed by atoms with Gasteiger partial charge in [0.25, 0.3) is 0 Å². The number of carboxylic acids is 1. The van der Waals surface area contributed by atoms with Crippen LogP contribution in [0.2, 0.25) is 0 Å². The third-order valence-electron chi connectivity index (χ3n) is 2.36. The standard InChI is InChI=1S/C12H15NO3/c1-8(12(15)16)6-9-2-4-10(5-3-9)7-11(13)14/h2-5,8H,6-7H2,1H3,(H2,13,14)(H,15,16). The summed E-state index contributed by atoms with van der Waals surface area (Å²) in [7, 11) is 0. The Hall–Kier alpha value is -1.84. The molecule has 0 fully saturated rings. The summed E-state index contributed by atoms with van der Waals surface area (Å²) in [4.78, 5) is 21.3. The SMILES string of the molecule is CC(Cc1ccc(CC(N)=O)cc1)C(=O)O. The number of primary amides is 1. The molecule has 1 rings (SSSR count). The predicted octanol–water partition coefficient (Wildman–Crippen LogP) is 0.978. The highest BCUT2D eigenvalue weighted by Crippen LogP contribution is 2.10. The second-order valence-electron chi connectivity index (χ2n) is 3.90. The van der Waals surface area contributed by atoms with E-state index in [1.165, 1.54) is 0 Å². The highest BCUT2D eigenvalue weighted by Gasteiger charge is 2.11. The Bertz CT molecular complexity index is 384. The van der Waals surface area contributed by atoms with Crippen LogP contribution in [0.5, 0.6) is 0 Å². The van der Waals surface area contributed by atoms with E-state index in [0.29, 0.717) is 6.42 Å². The van der Waals surface area contributed by atoms with Gasteiger partial charge in [-0.15, -0.1) is 0 Å². The van der Waals surface area contributed by atoms with Gasteiger partial charge in [0.05, 0.1) is 12.3 Å². The maximum absolute atomic E-state index is 10.7. The molecule has 1 atom stereocenters. The van der Waals surface area contributed by atoms with Crippen molar-refractivity contribution in [2.45, 2.75) is 19.8 Å². The Labute approximate surface area is 94.1 Å². The molecule has 1 unspecified atom stereocenters. The van der Waals surface area contributed by atoms with E-state index in [1.54, 1.807) is 19.1 Å². The molecule has 3 N–H and O–H groups in total. The quantitative estimate of drug-likeness (QED) is 0.777. The van der Waals surface area contributed by atoms with Crippen molar-refractivity contribution in [3.05, 3.63) is 35.4 Å². The Morgan fingerprint density at radius 1 is 1.25 bits per heavy atom. The van der Waals surface area contributed by atoms with Gasteiger partial charge in [0, 0.05) is 0 Å².